The average molecular weight is 224 g/mol. The molecule has 1 saturated heterocycles. The summed E-state index contributed by atoms with van der Waals surface area (Å²) in [4.78, 5) is 6.68. The molecule has 0 amide bonds. The number of aromatic nitrogens is 2. The van der Waals surface area contributed by atoms with Gasteiger partial charge in [0.1, 0.15) is 0 Å². The Labute approximate surface area is 96.0 Å². The number of likely N-dealkylation sites (tertiary alicyclic amines) is 1. The first kappa shape index (κ1) is 11.5. The summed E-state index contributed by atoms with van der Waals surface area (Å²) in [6.07, 6.45) is 1.06. The highest BCUT2D eigenvalue weighted by atomic mass is 16.5. The molecule has 5 nitrogen and oxygen atoms in total. The van der Waals surface area contributed by atoms with Crippen molar-refractivity contribution in [2.45, 2.75) is 45.2 Å². The van der Waals surface area contributed by atoms with Crippen molar-refractivity contribution in [3.05, 3.63) is 11.7 Å². The van der Waals surface area contributed by atoms with E-state index >= 15 is 0 Å². The lowest BCUT2D eigenvalue weighted by atomic mass is 9.97. The maximum Gasteiger partial charge on any atom is 0.232 e. The smallest absolute Gasteiger partial charge is 0.232 e. The Morgan fingerprint density at radius 3 is 2.75 bits per heavy atom. The van der Waals surface area contributed by atoms with Gasteiger partial charge in [-0.05, 0) is 6.42 Å². The monoisotopic (exact) mass is 224 g/mol. The van der Waals surface area contributed by atoms with Crippen molar-refractivity contribution < 1.29 is 4.52 Å². The minimum absolute atomic E-state index is 0.0767. The Morgan fingerprint density at radius 2 is 2.25 bits per heavy atom. The van der Waals surface area contributed by atoms with E-state index in [4.69, 9.17) is 10.3 Å². The van der Waals surface area contributed by atoms with Crippen molar-refractivity contribution in [3.63, 3.8) is 0 Å². The van der Waals surface area contributed by atoms with Gasteiger partial charge in [-0.3, -0.25) is 4.90 Å². The molecule has 1 aliphatic heterocycles. The van der Waals surface area contributed by atoms with Gasteiger partial charge in [0, 0.05) is 24.5 Å². The Hall–Kier alpha value is -0.940. The van der Waals surface area contributed by atoms with Crippen LogP contribution >= 0.6 is 0 Å². The summed E-state index contributed by atoms with van der Waals surface area (Å²) in [5.41, 5.74) is 5.77. The minimum Gasteiger partial charge on any atom is -0.339 e. The maximum atomic E-state index is 5.85. The lowest BCUT2D eigenvalue weighted by molar-refractivity contribution is 0.296. The molecule has 0 aliphatic carbocycles. The lowest BCUT2D eigenvalue weighted by Gasteiger charge is -2.12. The van der Waals surface area contributed by atoms with Gasteiger partial charge in [-0.25, -0.2) is 0 Å². The molecule has 2 N–H and O–H groups in total. The van der Waals surface area contributed by atoms with Gasteiger partial charge in [-0.1, -0.05) is 25.9 Å². The zero-order valence-electron chi connectivity index (χ0n) is 10.2. The zero-order chi connectivity index (χ0) is 11.8. The van der Waals surface area contributed by atoms with E-state index in [1.807, 2.05) is 0 Å². The van der Waals surface area contributed by atoms with Crippen LogP contribution in [0.4, 0.5) is 0 Å². The highest BCUT2D eigenvalue weighted by Crippen LogP contribution is 2.20. The van der Waals surface area contributed by atoms with Gasteiger partial charge < -0.3 is 10.3 Å². The van der Waals surface area contributed by atoms with Gasteiger partial charge in [0.2, 0.25) is 5.89 Å². The van der Waals surface area contributed by atoms with Crippen LogP contribution in [-0.4, -0.2) is 34.2 Å². The second-order valence-electron chi connectivity index (χ2n) is 5.55. The standard InChI is InChI=1S/C11H20N4O/c1-11(2,3)10-13-9(14-16-10)7-15-5-4-8(12)6-15/h8H,4-7,12H2,1-3H3. The highest BCUT2D eigenvalue weighted by molar-refractivity contribution is 4.98. The van der Waals surface area contributed by atoms with Crippen LogP contribution in [0, 0.1) is 0 Å². The van der Waals surface area contributed by atoms with Gasteiger partial charge in [-0.15, -0.1) is 0 Å². The molecule has 0 spiro atoms. The third kappa shape index (κ3) is 2.59. The molecule has 2 heterocycles. The van der Waals surface area contributed by atoms with Crippen molar-refractivity contribution in [2.75, 3.05) is 13.1 Å². The van der Waals surface area contributed by atoms with Crippen molar-refractivity contribution in [1.29, 1.82) is 0 Å². The van der Waals surface area contributed by atoms with Crippen LogP contribution in [-0.2, 0) is 12.0 Å². The molecular weight excluding hydrogens is 204 g/mol. The molecule has 0 radical (unpaired) electrons. The fourth-order valence-electron chi connectivity index (χ4n) is 1.83. The molecule has 1 atom stereocenters. The van der Waals surface area contributed by atoms with Gasteiger partial charge in [0.05, 0.1) is 6.54 Å². The van der Waals surface area contributed by atoms with Crippen molar-refractivity contribution >= 4 is 0 Å². The summed E-state index contributed by atoms with van der Waals surface area (Å²) < 4.78 is 5.25. The molecule has 1 aliphatic rings. The summed E-state index contributed by atoms with van der Waals surface area (Å²) in [5.74, 6) is 1.46. The van der Waals surface area contributed by atoms with Crippen molar-refractivity contribution in [1.82, 2.24) is 15.0 Å². The van der Waals surface area contributed by atoms with Gasteiger partial charge >= 0.3 is 0 Å². The summed E-state index contributed by atoms with van der Waals surface area (Å²) in [6.45, 7) is 8.90. The largest absolute Gasteiger partial charge is 0.339 e. The first-order valence-corrected chi connectivity index (χ1v) is 5.76. The maximum absolute atomic E-state index is 5.85. The van der Waals surface area contributed by atoms with Crippen LogP contribution in [0.25, 0.3) is 0 Å². The van der Waals surface area contributed by atoms with Crippen LogP contribution in [0.5, 0.6) is 0 Å². The first-order valence-electron chi connectivity index (χ1n) is 5.76. The zero-order valence-corrected chi connectivity index (χ0v) is 10.2. The second-order valence-corrected chi connectivity index (χ2v) is 5.55. The molecule has 5 heteroatoms. The molecule has 1 aromatic heterocycles. The summed E-state index contributed by atoms with van der Waals surface area (Å²) >= 11 is 0. The molecule has 1 aromatic rings. The van der Waals surface area contributed by atoms with Crippen LogP contribution < -0.4 is 5.73 Å². The summed E-state index contributed by atoms with van der Waals surface area (Å²) in [6, 6.07) is 0.300. The van der Waals surface area contributed by atoms with Crippen molar-refractivity contribution in [2.24, 2.45) is 5.73 Å². The van der Waals surface area contributed by atoms with E-state index < -0.39 is 0 Å². The Kier molecular flexibility index (Phi) is 2.99. The predicted octanol–water partition coefficient (Wildman–Crippen LogP) is 0.900. The summed E-state index contributed by atoms with van der Waals surface area (Å²) in [7, 11) is 0. The van der Waals surface area contributed by atoms with Crippen molar-refractivity contribution in [3.8, 4) is 0 Å². The Morgan fingerprint density at radius 1 is 1.50 bits per heavy atom. The molecule has 1 fully saturated rings. The topological polar surface area (TPSA) is 68.2 Å². The average Bonchev–Trinajstić information content (AvgIpc) is 2.74. The second kappa shape index (κ2) is 4.14. The molecular formula is C11H20N4O. The molecule has 2 rings (SSSR count). The van der Waals surface area contributed by atoms with Gasteiger partial charge in [0.15, 0.2) is 5.82 Å². The van der Waals surface area contributed by atoms with Gasteiger partial charge in [-0.2, -0.15) is 4.98 Å². The van der Waals surface area contributed by atoms with E-state index in [2.05, 4.69) is 35.8 Å². The highest BCUT2D eigenvalue weighted by Gasteiger charge is 2.24. The van der Waals surface area contributed by atoms with E-state index in [-0.39, 0.29) is 5.41 Å². The third-order valence-corrected chi connectivity index (χ3v) is 2.78. The fraction of sp³-hybridized carbons (Fsp3) is 0.818. The fourth-order valence-corrected chi connectivity index (χ4v) is 1.83. The predicted molar refractivity (Wildman–Crippen MR) is 60.9 cm³/mol. The molecule has 0 bridgehead atoms. The van der Waals surface area contributed by atoms with E-state index in [0.717, 1.165) is 31.9 Å². The lowest BCUT2D eigenvalue weighted by Crippen LogP contribution is -2.26. The van der Waals surface area contributed by atoms with Crippen LogP contribution in [0.2, 0.25) is 0 Å². The van der Waals surface area contributed by atoms with E-state index in [0.29, 0.717) is 11.9 Å². The SMILES string of the molecule is CC(C)(C)c1nc(CN2CCC(N)C2)no1. The van der Waals surface area contributed by atoms with E-state index in [1.54, 1.807) is 0 Å². The molecule has 90 valence electrons. The number of nitrogens with two attached hydrogens (primary N) is 1. The quantitative estimate of drug-likeness (QED) is 0.808. The normalized spacial score (nSPS) is 22.9. The third-order valence-electron chi connectivity index (χ3n) is 2.78. The van der Waals surface area contributed by atoms with Crippen LogP contribution in [0.3, 0.4) is 0 Å². The minimum atomic E-state index is -0.0767. The molecule has 0 aromatic carbocycles. The van der Waals surface area contributed by atoms with E-state index in [1.165, 1.54) is 0 Å². The Balaban J connectivity index is 1.98. The number of hydrogen-bond acceptors (Lipinski definition) is 5. The molecule has 16 heavy (non-hydrogen) atoms. The number of hydrogen-bond donors (Lipinski definition) is 1. The van der Waals surface area contributed by atoms with Crippen LogP contribution in [0.1, 0.15) is 38.9 Å². The van der Waals surface area contributed by atoms with Gasteiger partial charge in [0.25, 0.3) is 0 Å². The first-order chi connectivity index (χ1) is 7.45. The molecule has 0 saturated carbocycles. The summed E-state index contributed by atoms with van der Waals surface area (Å²) in [5, 5.41) is 4.00. The van der Waals surface area contributed by atoms with Crippen LogP contribution in [0.15, 0.2) is 4.52 Å². The number of rotatable bonds is 2. The Bertz CT molecular complexity index is 355. The molecule has 1 unspecified atom stereocenters. The van der Waals surface area contributed by atoms with E-state index in [9.17, 15) is 0 Å². The number of nitrogens with zero attached hydrogens (tertiary/aromatic N) is 3.